The lowest BCUT2D eigenvalue weighted by atomic mass is 10.2. The molecule has 0 aliphatic rings. The summed E-state index contributed by atoms with van der Waals surface area (Å²) in [5.41, 5.74) is 0.966. The van der Waals surface area contributed by atoms with Crippen LogP contribution in [-0.4, -0.2) is 32.6 Å². The van der Waals surface area contributed by atoms with Crippen LogP contribution in [-0.2, 0) is 10.0 Å². The monoisotopic (exact) mass is 309 g/mol. The van der Waals surface area contributed by atoms with Crippen LogP contribution < -0.4 is 14.2 Å². The molecule has 112 valence electrons. The van der Waals surface area contributed by atoms with Gasteiger partial charge in [-0.2, -0.15) is 9.97 Å². The number of ether oxygens (including phenoxy) is 2. The van der Waals surface area contributed by atoms with Gasteiger partial charge in [-0.1, -0.05) is 17.7 Å². The lowest BCUT2D eigenvalue weighted by molar-refractivity contribution is 0.373. The van der Waals surface area contributed by atoms with Crippen molar-refractivity contribution in [2.75, 3.05) is 18.9 Å². The SMILES string of the molecule is COc1cc(OC)nc(NS(=O)(=O)c2ccc(C)cc2)n1. The predicted molar refractivity (Wildman–Crippen MR) is 77.1 cm³/mol. The third-order valence-electron chi connectivity index (χ3n) is 2.65. The topological polar surface area (TPSA) is 90.4 Å². The van der Waals surface area contributed by atoms with E-state index in [1.165, 1.54) is 32.4 Å². The van der Waals surface area contributed by atoms with Gasteiger partial charge in [0.2, 0.25) is 17.7 Å². The van der Waals surface area contributed by atoms with Crippen LogP contribution >= 0.6 is 0 Å². The second kappa shape index (κ2) is 5.96. The minimum atomic E-state index is -3.77. The maximum Gasteiger partial charge on any atom is 0.264 e. The number of aryl methyl sites for hydroxylation is 1. The molecule has 0 unspecified atom stereocenters. The van der Waals surface area contributed by atoms with Gasteiger partial charge in [-0.05, 0) is 19.1 Å². The fraction of sp³-hybridized carbons (Fsp3) is 0.231. The Morgan fingerprint density at radius 2 is 1.52 bits per heavy atom. The predicted octanol–water partition coefficient (Wildman–Crippen LogP) is 1.60. The summed E-state index contributed by atoms with van der Waals surface area (Å²) in [6.07, 6.45) is 0. The van der Waals surface area contributed by atoms with Crippen molar-refractivity contribution in [3.63, 3.8) is 0 Å². The van der Waals surface area contributed by atoms with Crippen LogP contribution in [0, 0.1) is 6.92 Å². The molecular formula is C13H15N3O4S. The molecule has 0 radical (unpaired) electrons. The van der Waals surface area contributed by atoms with Crippen molar-refractivity contribution in [3.05, 3.63) is 35.9 Å². The van der Waals surface area contributed by atoms with Crippen molar-refractivity contribution >= 4 is 16.0 Å². The van der Waals surface area contributed by atoms with Gasteiger partial charge in [0.15, 0.2) is 0 Å². The van der Waals surface area contributed by atoms with Crippen molar-refractivity contribution in [1.82, 2.24) is 9.97 Å². The summed E-state index contributed by atoms with van der Waals surface area (Å²) in [5.74, 6) is 0.277. The maximum atomic E-state index is 12.2. The van der Waals surface area contributed by atoms with Crippen LogP contribution in [0.3, 0.4) is 0 Å². The first-order valence-electron chi connectivity index (χ1n) is 6.01. The number of benzene rings is 1. The van der Waals surface area contributed by atoms with Crippen LogP contribution in [0.2, 0.25) is 0 Å². The molecule has 2 rings (SSSR count). The fourth-order valence-corrected chi connectivity index (χ4v) is 2.50. The summed E-state index contributed by atoms with van der Waals surface area (Å²) < 4.78 is 36.7. The number of methoxy groups -OCH3 is 2. The Morgan fingerprint density at radius 3 is 2.00 bits per heavy atom. The van der Waals surface area contributed by atoms with Crippen molar-refractivity contribution in [2.45, 2.75) is 11.8 Å². The van der Waals surface area contributed by atoms with Gasteiger partial charge in [0.1, 0.15) is 0 Å². The van der Waals surface area contributed by atoms with Gasteiger partial charge < -0.3 is 9.47 Å². The number of aromatic nitrogens is 2. The van der Waals surface area contributed by atoms with Crippen LogP contribution in [0.4, 0.5) is 5.95 Å². The van der Waals surface area contributed by atoms with E-state index in [4.69, 9.17) is 9.47 Å². The molecular weight excluding hydrogens is 294 g/mol. The van der Waals surface area contributed by atoms with Crippen molar-refractivity contribution < 1.29 is 17.9 Å². The molecule has 0 fully saturated rings. The maximum absolute atomic E-state index is 12.2. The van der Waals surface area contributed by atoms with Crippen LogP contribution in [0.25, 0.3) is 0 Å². The van der Waals surface area contributed by atoms with Gasteiger partial charge in [0, 0.05) is 0 Å². The summed E-state index contributed by atoms with van der Waals surface area (Å²) in [4.78, 5) is 7.97. The van der Waals surface area contributed by atoms with Gasteiger partial charge in [0.25, 0.3) is 10.0 Å². The molecule has 1 aromatic heterocycles. The summed E-state index contributed by atoms with van der Waals surface area (Å²) >= 11 is 0. The molecule has 0 aliphatic heterocycles. The molecule has 0 atom stereocenters. The smallest absolute Gasteiger partial charge is 0.264 e. The van der Waals surface area contributed by atoms with Gasteiger partial charge in [0.05, 0.1) is 25.2 Å². The first-order chi connectivity index (χ1) is 9.94. The molecule has 7 nitrogen and oxygen atoms in total. The third kappa shape index (κ3) is 3.60. The van der Waals surface area contributed by atoms with E-state index in [0.717, 1.165) is 5.56 Å². The Balaban J connectivity index is 2.34. The quantitative estimate of drug-likeness (QED) is 0.902. The highest BCUT2D eigenvalue weighted by atomic mass is 32.2. The van der Waals surface area contributed by atoms with E-state index in [-0.39, 0.29) is 22.6 Å². The standard InChI is InChI=1S/C13H15N3O4S/c1-9-4-6-10(7-5-9)21(17,18)16-13-14-11(19-2)8-12(15-13)20-3/h4-8H,1-3H3,(H,14,15,16). The number of anilines is 1. The largest absolute Gasteiger partial charge is 0.481 e. The van der Waals surface area contributed by atoms with Gasteiger partial charge in [-0.25, -0.2) is 13.1 Å². The van der Waals surface area contributed by atoms with Crippen LogP contribution in [0.5, 0.6) is 11.8 Å². The summed E-state index contributed by atoms with van der Waals surface area (Å²) in [7, 11) is -0.933. The van der Waals surface area contributed by atoms with E-state index in [0.29, 0.717) is 0 Å². The zero-order chi connectivity index (χ0) is 15.5. The normalized spacial score (nSPS) is 11.0. The lowest BCUT2D eigenvalue weighted by Crippen LogP contribution is -2.15. The van der Waals surface area contributed by atoms with E-state index in [1.54, 1.807) is 12.1 Å². The van der Waals surface area contributed by atoms with Crippen LogP contribution in [0.1, 0.15) is 5.56 Å². The molecule has 8 heteroatoms. The summed E-state index contributed by atoms with van der Waals surface area (Å²) in [5, 5.41) is 0. The molecule has 21 heavy (non-hydrogen) atoms. The number of nitrogens with one attached hydrogen (secondary N) is 1. The molecule has 1 aromatic carbocycles. The third-order valence-corrected chi connectivity index (χ3v) is 4.00. The summed E-state index contributed by atoms with van der Waals surface area (Å²) in [6.45, 7) is 1.87. The van der Waals surface area contributed by atoms with Gasteiger partial charge in [-0.3, -0.25) is 0 Å². The number of rotatable bonds is 5. The van der Waals surface area contributed by atoms with E-state index < -0.39 is 10.0 Å². The molecule has 0 saturated heterocycles. The molecule has 0 aliphatic carbocycles. The van der Waals surface area contributed by atoms with E-state index in [9.17, 15) is 8.42 Å². The zero-order valence-electron chi connectivity index (χ0n) is 11.8. The van der Waals surface area contributed by atoms with E-state index >= 15 is 0 Å². The first-order valence-corrected chi connectivity index (χ1v) is 7.49. The highest BCUT2D eigenvalue weighted by Crippen LogP contribution is 2.20. The molecule has 0 saturated carbocycles. The van der Waals surface area contributed by atoms with Gasteiger partial charge in [-0.15, -0.1) is 0 Å². The Bertz CT molecular complexity index is 707. The van der Waals surface area contributed by atoms with Crippen LogP contribution in [0.15, 0.2) is 35.2 Å². The van der Waals surface area contributed by atoms with Crippen molar-refractivity contribution in [3.8, 4) is 11.8 Å². The Labute approximate surface area is 123 Å². The molecule has 0 bridgehead atoms. The lowest BCUT2D eigenvalue weighted by Gasteiger charge is -2.09. The molecule has 1 N–H and O–H groups in total. The minimum Gasteiger partial charge on any atom is -0.481 e. The Morgan fingerprint density at radius 1 is 1.00 bits per heavy atom. The first kappa shape index (κ1) is 15.0. The highest BCUT2D eigenvalue weighted by molar-refractivity contribution is 7.92. The number of nitrogens with zero attached hydrogens (tertiary/aromatic N) is 2. The Hall–Kier alpha value is -2.35. The highest BCUT2D eigenvalue weighted by Gasteiger charge is 2.17. The minimum absolute atomic E-state index is 0.119. The van der Waals surface area contributed by atoms with Crippen molar-refractivity contribution in [2.24, 2.45) is 0 Å². The number of sulfonamides is 1. The second-order valence-electron chi connectivity index (χ2n) is 4.19. The fourth-order valence-electron chi connectivity index (χ4n) is 1.56. The molecule has 2 aromatic rings. The average molecular weight is 309 g/mol. The zero-order valence-corrected chi connectivity index (χ0v) is 12.6. The van der Waals surface area contributed by atoms with Crippen molar-refractivity contribution in [1.29, 1.82) is 0 Å². The second-order valence-corrected chi connectivity index (χ2v) is 5.88. The van der Waals surface area contributed by atoms with E-state index in [2.05, 4.69) is 14.7 Å². The molecule has 0 amide bonds. The Kier molecular flexibility index (Phi) is 4.27. The van der Waals surface area contributed by atoms with Gasteiger partial charge >= 0.3 is 0 Å². The molecule has 0 spiro atoms. The number of hydrogen-bond acceptors (Lipinski definition) is 6. The van der Waals surface area contributed by atoms with E-state index in [1.807, 2.05) is 6.92 Å². The summed E-state index contributed by atoms with van der Waals surface area (Å²) in [6, 6.07) is 7.89. The average Bonchev–Trinajstić information content (AvgIpc) is 2.46. The number of hydrogen-bond donors (Lipinski definition) is 1. The molecule has 1 heterocycles.